The van der Waals surface area contributed by atoms with E-state index in [1.54, 1.807) is 5.21 Å². The molecule has 0 aromatic carbocycles. The van der Waals surface area contributed by atoms with Crippen LogP contribution in [0.4, 0.5) is 13.2 Å². The quantitative estimate of drug-likeness (QED) is 0.655. The second kappa shape index (κ2) is 2.58. The highest BCUT2D eigenvalue weighted by Crippen LogP contribution is 2.28. The molecule has 0 spiro atoms. The predicted molar refractivity (Wildman–Crippen MR) is 31.4 cm³/mol. The summed E-state index contributed by atoms with van der Waals surface area (Å²) < 4.78 is 35.9. The fraction of sp³-hybridized carbons (Fsp3) is 0.400. The van der Waals surface area contributed by atoms with Gasteiger partial charge in [0, 0.05) is 6.92 Å². The van der Waals surface area contributed by atoms with Gasteiger partial charge in [0.15, 0.2) is 17.2 Å². The number of H-pyrrole nitrogens is 1. The van der Waals surface area contributed by atoms with Gasteiger partial charge in [-0.15, -0.1) is 0 Å². The van der Waals surface area contributed by atoms with E-state index in [0.29, 0.717) is 0 Å². The highest BCUT2D eigenvalue weighted by atomic mass is 19.4. The van der Waals surface area contributed by atoms with Crippen molar-refractivity contribution in [3.63, 3.8) is 0 Å². The smallest absolute Gasteiger partial charge is 0.293 e. The van der Waals surface area contributed by atoms with Crippen LogP contribution in [0.25, 0.3) is 0 Å². The van der Waals surface area contributed by atoms with Crippen molar-refractivity contribution in [1.29, 1.82) is 0 Å². The Labute approximate surface area is 64.8 Å². The molecule has 0 aliphatic carbocycles. The summed E-state index contributed by atoms with van der Waals surface area (Å²) in [6, 6.07) is 0. The average Bonchev–Trinajstić information content (AvgIpc) is 2.30. The first-order chi connectivity index (χ1) is 5.43. The van der Waals surface area contributed by atoms with Gasteiger partial charge in [0.2, 0.25) is 0 Å². The number of carbonyl (C=O) groups is 1. The van der Waals surface area contributed by atoms with Crippen LogP contribution in [-0.4, -0.2) is 21.2 Å². The minimum Gasteiger partial charge on any atom is -0.293 e. The minimum atomic E-state index is -4.63. The number of ketones is 1. The van der Waals surface area contributed by atoms with E-state index >= 15 is 0 Å². The topological polar surface area (TPSA) is 58.6 Å². The molecule has 0 saturated carbocycles. The summed E-state index contributed by atoms with van der Waals surface area (Å²) >= 11 is 0. The van der Waals surface area contributed by atoms with Gasteiger partial charge < -0.3 is 0 Å². The first kappa shape index (κ1) is 8.69. The summed E-state index contributed by atoms with van der Waals surface area (Å²) in [6.07, 6.45) is -4.63. The molecular formula is C5H4F3N3O. The summed E-state index contributed by atoms with van der Waals surface area (Å²) in [5, 5.41) is 7.65. The number of hydrogen-bond donors (Lipinski definition) is 1. The molecule has 66 valence electrons. The highest BCUT2D eigenvalue weighted by Gasteiger charge is 2.38. The molecule has 1 aromatic rings. The van der Waals surface area contributed by atoms with Crippen molar-refractivity contribution in [2.24, 2.45) is 0 Å². The maximum absolute atomic E-state index is 12.0. The second-order valence-corrected chi connectivity index (χ2v) is 2.07. The molecular weight excluding hydrogens is 175 g/mol. The Hall–Kier alpha value is -1.40. The molecule has 0 atom stereocenters. The molecule has 0 radical (unpaired) electrons. The summed E-state index contributed by atoms with van der Waals surface area (Å²) in [7, 11) is 0. The molecule has 0 saturated heterocycles. The number of hydrogen-bond acceptors (Lipinski definition) is 3. The fourth-order valence-corrected chi connectivity index (χ4v) is 0.674. The van der Waals surface area contributed by atoms with Gasteiger partial charge in [-0.1, -0.05) is 0 Å². The van der Waals surface area contributed by atoms with Gasteiger partial charge in [-0.25, -0.2) is 0 Å². The first-order valence-corrected chi connectivity index (χ1v) is 2.92. The maximum atomic E-state index is 12.0. The Kier molecular flexibility index (Phi) is 1.87. The molecule has 12 heavy (non-hydrogen) atoms. The Balaban J connectivity index is 3.17. The van der Waals surface area contributed by atoms with Gasteiger partial charge >= 0.3 is 6.18 Å². The van der Waals surface area contributed by atoms with E-state index in [-0.39, 0.29) is 0 Å². The predicted octanol–water partition coefficient (Wildman–Crippen LogP) is 1.03. The molecule has 1 N–H and O–H groups in total. The van der Waals surface area contributed by atoms with Crippen molar-refractivity contribution in [3.05, 3.63) is 11.4 Å². The van der Waals surface area contributed by atoms with E-state index in [9.17, 15) is 18.0 Å². The normalized spacial score (nSPS) is 11.7. The summed E-state index contributed by atoms with van der Waals surface area (Å²) in [5.74, 6) is -0.768. The first-order valence-electron chi connectivity index (χ1n) is 2.92. The largest absolute Gasteiger partial charge is 0.437 e. The third-order valence-electron chi connectivity index (χ3n) is 1.15. The van der Waals surface area contributed by atoms with Gasteiger partial charge in [0.25, 0.3) is 0 Å². The van der Waals surface area contributed by atoms with Gasteiger partial charge in [-0.05, 0) is 0 Å². The van der Waals surface area contributed by atoms with Crippen LogP contribution in [0.5, 0.6) is 0 Å². The van der Waals surface area contributed by atoms with Crippen LogP contribution < -0.4 is 0 Å². The van der Waals surface area contributed by atoms with Crippen LogP contribution in [-0.2, 0) is 6.18 Å². The lowest BCUT2D eigenvalue weighted by atomic mass is 10.2. The van der Waals surface area contributed by atoms with Gasteiger partial charge in [0.1, 0.15) is 0 Å². The minimum absolute atomic E-state index is 0.678. The Morgan fingerprint density at radius 1 is 1.42 bits per heavy atom. The van der Waals surface area contributed by atoms with Gasteiger partial charge in [-0.2, -0.15) is 28.6 Å². The van der Waals surface area contributed by atoms with Crippen molar-refractivity contribution >= 4 is 5.78 Å². The van der Waals surface area contributed by atoms with Crippen LogP contribution in [0, 0.1) is 0 Å². The summed E-state index contributed by atoms with van der Waals surface area (Å²) in [4.78, 5) is 10.6. The molecule has 0 fully saturated rings. The van der Waals surface area contributed by atoms with Gasteiger partial charge in [0.05, 0.1) is 0 Å². The Morgan fingerprint density at radius 2 is 2.00 bits per heavy atom. The molecule has 0 amide bonds. The third kappa shape index (κ3) is 1.44. The van der Waals surface area contributed by atoms with E-state index in [0.717, 1.165) is 6.92 Å². The molecule has 1 aromatic heterocycles. The molecule has 4 nitrogen and oxygen atoms in total. The number of aromatic amines is 1. The molecule has 1 heterocycles. The summed E-state index contributed by atoms with van der Waals surface area (Å²) in [6.45, 7) is 0.993. The van der Waals surface area contributed by atoms with Crippen LogP contribution >= 0.6 is 0 Å². The van der Waals surface area contributed by atoms with Crippen LogP contribution in [0.1, 0.15) is 23.1 Å². The zero-order valence-corrected chi connectivity index (χ0v) is 5.94. The zero-order chi connectivity index (χ0) is 9.35. The molecule has 0 bridgehead atoms. The lowest BCUT2D eigenvalue weighted by molar-refractivity contribution is -0.141. The maximum Gasteiger partial charge on any atom is 0.437 e. The average molecular weight is 179 g/mol. The van der Waals surface area contributed by atoms with Crippen molar-refractivity contribution in [2.75, 3.05) is 0 Å². The van der Waals surface area contributed by atoms with Crippen LogP contribution in [0.2, 0.25) is 0 Å². The Bertz CT molecular complexity index is 303. The molecule has 1 rings (SSSR count). The highest BCUT2D eigenvalue weighted by molar-refractivity contribution is 5.93. The molecule has 0 unspecified atom stereocenters. The fourth-order valence-electron chi connectivity index (χ4n) is 0.674. The number of nitrogens with one attached hydrogen (secondary N) is 1. The lowest BCUT2D eigenvalue weighted by Crippen LogP contribution is -2.11. The second-order valence-electron chi connectivity index (χ2n) is 2.07. The van der Waals surface area contributed by atoms with Gasteiger partial charge in [-0.3, -0.25) is 4.79 Å². The van der Waals surface area contributed by atoms with Crippen molar-refractivity contribution in [1.82, 2.24) is 15.4 Å². The van der Waals surface area contributed by atoms with E-state index in [1.807, 2.05) is 0 Å². The van der Waals surface area contributed by atoms with E-state index < -0.39 is 23.3 Å². The number of halogens is 3. The number of nitrogens with zero attached hydrogens (tertiary/aromatic N) is 2. The van der Waals surface area contributed by atoms with Crippen LogP contribution in [0.15, 0.2) is 0 Å². The molecule has 0 aliphatic heterocycles. The summed E-state index contributed by atoms with van der Waals surface area (Å²) in [5.41, 5.74) is -1.95. The third-order valence-corrected chi connectivity index (χ3v) is 1.15. The molecule has 0 aliphatic rings. The zero-order valence-electron chi connectivity index (χ0n) is 5.94. The lowest BCUT2D eigenvalue weighted by Gasteiger charge is -2.01. The van der Waals surface area contributed by atoms with E-state index in [1.165, 1.54) is 0 Å². The SMILES string of the molecule is CC(=O)c1n[nH]nc1C(F)(F)F. The number of Topliss-reactive ketones (excluding diaryl/α,β-unsaturated/α-hetero) is 1. The Morgan fingerprint density at radius 3 is 2.33 bits per heavy atom. The molecule has 7 heteroatoms. The number of aromatic nitrogens is 3. The number of carbonyl (C=O) groups excluding carboxylic acids is 1. The van der Waals surface area contributed by atoms with Crippen molar-refractivity contribution in [3.8, 4) is 0 Å². The van der Waals surface area contributed by atoms with Crippen LogP contribution in [0.3, 0.4) is 0 Å². The number of rotatable bonds is 1. The standard InChI is InChI=1S/C5H4F3N3O/c1-2(12)3-4(5(6,7)8)10-11-9-3/h1H3,(H,9,10,11). The van der Waals surface area contributed by atoms with E-state index in [2.05, 4.69) is 10.2 Å². The van der Waals surface area contributed by atoms with Crippen molar-refractivity contribution < 1.29 is 18.0 Å². The monoisotopic (exact) mass is 179 g/mol. The van der Waals surface area contributed by atoms with Crippen molar-refractivity contribution in [2.45, 2.75) is 13.1 Å². The number of alkyl halides is 3. The van der Waals surface area contributed by atoms with E-state index in [4.69, 9.17) is 0 Å².